The largest absolute Gasteiger partial charge is 0.497 e. The zero-order valence-corrected chi connectivity index (χ0v) is 11.5. The Bertz CT molecular complexity index is 623. The number of aromatic nitrogens is 2. The van der Waals surface area contributed by atoms with Gasteiger partial charge in [0, 0.05) is 6.54 Å². The Balaban J connectivity index is 2.63. The molecule has 0 spiro atoms. The van der Waals surface area contributed by atoms with E-state index < -0.39 is 0 Å². The monoisotopic (exact) mass is 261 g/mol. The van der Waals surface area contributed by atoms with E-state index in [1.54, 1.807) is 11.8 Å². The Hall–Kier alpha value is -2.17. The number of nitrogens with zero attached hydrogens (tertiary/aromatic N) is 2. The van der Waals surface area contributed by atoms with E-state index in [1.807, 2.05) is 42.8 Å². The molecule has 0 aliphatic rings. The molecule has 19 heavy (non-hydrogen) atoms. The number of hydrogen-bond acceptors (Lipinski definition) is 3. The molecule has 2 rings (SSSR count). The molecule has 1 aromatic carbocycles. The van der Waals surface area contributed by atoms with Crippen LogP contribution in [0.1, 0.15) is 19.5 Å². The Kier molecular flexibility index (Phi) is 3.64. The molecule has 0 saturated heterocycles. The standard InChI is InChI=1S/C14H19N3O2/c1-4-12-13(15)14(18)17(16(12)5-2)10-6-8-11(19-3)9-7-10/h6-9H,4-5,15H2,1-3H3. The Morgan fingerprint density at radius 3 is 2.32 bits per heavy atom. The van der Waals surface area contributed by atoms with Crippen LogP contribution in [0.3, 0.4) is 0 Å². The summed E-state index contributed by atoms with van der Waals surface area (Å²) < 4.78 is 8.66. The van der Waals surface area contributed by atoms with Crippen molar-refractivity contribution in [3.8, 4) is 11.4 Å². The lowest BCUT2D eigenvalue weighted by Crippen LogP contribution is -2.22. The van der Waals surface area contributed by atoms with Gasteiger partial charge in [-0.3, -0.25) is 9.48 Å². The number of benzene rings is 1. The first-order valence-corrected chi connectivity index (χ1v) is 6.38. The molecule has 0 aliphatic heterocycles. The van der Waals surface area contributed by atoms with Crippen LogP contribution in [0.5, 0.6) is 5.75 Å². The lowest BCUT2D eigenvalue weighted by Gasteiger charge is -2.12. The van der Waals surface area contributed by atoms with Gasteiger partial charge in [0.1, 0.15) is 11.4 Å². The van der Waals surface area contributed by atoms with Crippen LogP contribution < -0.4 is 16.0 Å². The molecule has 0 fully saturated rings. The van der Waals surface area contributed by atoms with E-state index in [1.165, 1.54) is 0 Å². The summed E-state index contributed by atoms with van der Waals surface area (Å²) in [6, 6.07) is 7.36. The van der Waals surface area contributed by atoms with Crippen LogP contribution >= 0.6 is 0 Å². The zero-order valence-electron chi connectivity index (χ0n) is 11.5. The third-order valence-electron chi connectivity index (χ3n) is 3.24. The molecule has 5 nitrogen and oxygen atoms in total. The minimum absolute atomic E-state index is 0.163. The predicted octanol–water partition coefficient (Wildman–Crippen LogP) is 1.81. The minimum Gasteiger partial charge on any atom is -0.497 e. The topological polar surface area (TPSA) is 62.2 Å². The molecule has 0 saturated carbocycles. The fourth-order valence-electron chi connectivity index (χ4n) is 2.29. The second kappa shape index (κ2) is 5.22. The average molecular weight is 261 g/mol. The van der Waals surface area contributed by atoms with E-state index >= 15 is 0 Å². The van der Waals surface area contributed by atoms with E-state index in [-0.39, 0.29) is 5.56 Å². The van der Waals surface area contributed by atoms with Crippen molar-refractivity contribution in [2.45, 2.75) is 26.8 Å². The van der Waals surface area contributed by atoms with Gasteiger partial charge in [0.05, 0.1) is 18.5 Å². The predicted molar refractivity (Wildman–Crippen MR) is 76.0 cm³/mol. The summed E-state index contributed by atoms with van der Waals surface area (Å²) in [5, 5.41) is 0. The lowest BCUT2D eigenvalue weighted by molar-refractivity contribution is 0.414. The fourth-order valence-corrected chi connectivity index (χ4v) is 2.29. The number of rotatable bonds is 4. The summed E-state index contributed by atoms with van der Waals surface area (Å²) in [6.45, 7) is 4.69. The molecule has 0 aliphatic carbocycles. The van der Waals surface area contributed by atoms with Crippen LogP contribution in [0.2, 0.25) is 0 Å². The number of methoxy groups -OCH3 is 1. The maximum Gasteiger partial charge on any atom is 0.294 e. The second-order valence-corrected chi connectivity index (χ2v) is 4.24. The van der Waals surface area contributed by atoms with Gasteiger partial charge in [0.25, 0.3) is 5.56 Å². The average Bonchev–Trinajstić information content (AvgIpc) is 2.70. The smallest absolute Gasteiger partial charge is 0.294 e. The molecule has 0 radical (unpaired) electrons. The molecule has 0 unspecified atom stereocenters. The van der Waals surface area contributed by atoms with Crippen molar-refractivity contribution in [2.75, 3.05) is 12.8 Å². The highest BCUT2D eigenvalue weighted by Crippen LogP contribution is 2.17. The first-order chi connectivity index (χ1) is 9.13. The number of anilines is 1. The van der Waals surface area contributed by atoms with Crippen molar-refractivity contribution >= 4 is 5.69 Å². The van der Waals surface area contributed by atoms with Crippen molar-refractivity contribution in [3.05, 3.63) is 40.3 Å². The Labute approximate surface area is 112 Å². The van der Waals surface area contributed by atoms with Crippen molar-refractivity contribution in [1.82, 2.24) is 9.36 Å². The SMILES string of the molecule is CCc1c(N)c(=O)n(-c2ccc(OC)cc2)n1CC. The number of hydrogen-bond donors (Lipinski definition) is 1. The minimum atomic E-state index is -0.163. The van der Waals surface area contributed by atoms with Crippen LogP contribution in [0.4, 0.5) is 5.69 Å². The van der Waals surface area contributed by atoms with Crippen molar-refractivity contribution in [2.24, 2.45) is 0 Å². The quantitative estimate of drug-likeness (QED) is 0.913. The summed E-state index contributed by atoms with van der Waals surface area (Å²) in [5.41, 5.74) is 7.74. The van der Waals surface area contributed by atoms with E-state index in [4.69, 9.17) is 10.5 Å². The van der Waals surface area contributed by atoms with Crippen molar-refractivity contribution in [3.63, 3.8) is 0 Å². The van der Waals surface area contributed by atoms with E-state index in [2.05, 4.69) is 0 Å². The molecule has 0 amide bonds. The van der Waals surface area contributed by atoms with Crippen LogP contribution in [0, 0.1) is 0 Å². The third-order valence-corrected chi connectivity index (χ3v) is 3.24. The first-order valence-electron chi connectivity index (χ1n) is 6.38. The van der Waals surface area contributed by atoms with Gasteiger partial charge in [-0.15, -0.1) is 0 Å². The van der Waals surface area contributed by atoms with Gasteiger partial charge >= 0.3 is 0 Å². The van der Waals surface area contributed by atoms with E-state index in [9.17, 15) is 4.79 Å². The second-order valence-electron chi connectivity index (χ2n) is 4.24. The lowest BCUT2D eigenvalue weighted by atomic mass is 10.3. The van der Waals surface area contributed by atoms with Crippen molar-refractivity contribution < 1.29 is 4.74 Å². The van der Waals surface area contributed by atoms with Gasteiger partial charge in [0.2, 0.25) is 0 Å². The Morgan fingerprint density at radius 1 is 1.21 bits per heavy atom. The normalized spacial score (nSPS) is 10.7. The number of nitrogen functional groups attached to an aromatic ring is 1. The van der Waals surface area contributed by atoms with Crippen LogP contribution in [0.15, 0.2) is 29.1 Å². The maximum absolute atomic E-state index is 12.3. The van der Waals surface area contributed by atoms with Crippen LogP contribution in [-0.2, 0) is 13.0 Å². The maximum atomic E-state index is 12.3. The highest BCUT2D eigenvalue weighted by molar-refractivity contribution is 5.46. The molecule has 1 aromatic heterocycles. The highest BCUT2D eigenvalue weighted by Gasteiger charge is 2.16. The van der Waals surface area contributed by atoms with E-state index in [0.29, 0.717) is 12.2 Å². The summed E-state index contributed by atoms with van der Waals surface area (Å²) in [5.74, 6) is 0.759. The molecule has 0 atom stereocenters. The first kappa shape index (κ1) is 13.3. The molecule has 1 heterocycles. The molecular formula is C14H19N3O2. The summed E-state index contributed by atoms with van der Waals surface area (Å²) in [7, 11) is 1.61. The van der Waals surface area contributed by atoms with Gasteiger partial charge in [-0.2, -0.15) is 0 Å². The van der Waals surface area contributed by atoms with E-state index in [0.717, 1.165) is 23.6 Å². The van der Waals surface area contributed by atoms with Crippen LogP contribution in [0.25, 0.3) is 5.69 Å². The molecule has 0 bridgehead atoms. The third kappa shape index (κ3) is 2.12. The summed E-state index contributed by atoms with van der Waals surface area (Å²) in [4.78, 5) is 12.3. The number of ether oxygens (including phenoxy) is 1. The Morgan fingerprint density at radius 2 is 1.84 bits per heavy atom. The molecule has 2 aromatic rings. The summed E-state index contributed by atoms with van der Waals surface area (Å²) in [6.07, 6.45) is 0.734. The van der Waals surface area contributed by atoms with Gasteiger partial charge < -0.3 is 10.5 Å². The molecule has 5 heteroatoms. The van der Waals surface area contributed by atoms with Crippen molar-refractivity contribution in [1.29, 1.82) is 0 Å². The fraction of sp³-hybridized carbons (Fsp3) is 0.357. The van der Waals surface area contributed by atoms with Gasteiger partial charge in [0.15, 0.2) is 0 Å². The van der Waals surface area contributed by atoms with Gasteiger partial charge in [-0.05, 0) is 37.6 Å². The molecule has 2 N–H and O–H groups in total. The highest BCUT2D eigenvalue weighted by atomic mass is 16.5. The summed E-state index contributed by atoms with van der Waals surface area (Å²) >= 11 is 0. The zero-order chi connectivity index (χ0) is 14.0. The number of nitrogens with two attached hydrogens (primary N) is 1. The van der Waals surface area contributed by atoms with Gasteiger partial charge in [-0.25, -0.2) is 4.68 Å². The van der Waals surface area contributed by atoms with Gasteiger partial charge in [-0.1, -0.05) is 6.92 Å². The molecular weight excluding hydrogens is 242 g/mol. The molecule has 102 valence electrons. The van der Waals surface area contributed by atoms with Crippen LogP contribution in [-0.4, -0.2) is 16.5 Å².